The summed E-state index contributed by atoms with van der Waals surface area (Å²) in [7, 11) is 1.63. The summed E-state index contributed by atoms with van der Waals surface area (Å²) in [5.41, 5.74) is 2.23. The van der Waals surface area contributed by atoms with E-state index in [0.717, 1.165) is 11.3 Å². The van der Waals surface area contributed by atoms with E-state index < -0.39 is 0 Å². The fraction of sp³-hybridized carbons (Fsp3) is 0.500. The van der Waals surface area contributed by atoms with Crippen LogP contribution in [0.25, 0.3) is 0 Å². The molecular weight excluding hydrogens is 250 g/mol. The van der Waals surface area contributed by atoms with Crippen LogP contribution in [0.4, 0.5) is 0 Å². The largest absolute Gasteiger partial charge is 0.496 e. The van der Waals surface area contributed by atoms with E-state index in [-0.39, 0.29) is 5.91 Å². The van der Waals surface area contributed by atoms with Gasteiger partial charge in [0.05, 0.1) is 7.11 Å². The molecule has 1 rings (SSSR count). The molecule has 0 spiro atoms. The molecule has 1 amide bonds. The lowest BCUT2D eigenvalue weighted by Gasteiger charge is -2.13. The van der Waals surface area contributed by atoms with Crippen molar-refractivity contribution in [2.75, 3.05) is 13.0 Å². The predicted molar refractivity (Wildman–Crippen MR) is 74.3 cm³/mol. The number of hydrogen-bond acceptors (Lipinski definition) is 2. The van der Waals surface area contributed by atoms with Crippen LogP contribution >= 0.6 is 11.6 Å². The molecule has 18 heavy (non-hydrogen) atoms. The van der Waals surface area contributed by atoms with Crippen LogP contribution in [-0.4, -0.2) is 18.9 Å². The monoisotopic (exact) mass is 269 g/mol. The maximum Gasteiger partial charge on any atom is 0.221 e. The molecule has 0 unspecified atom stereocenters. The molecule has 0 aromatic heterocycles. The fourth-order valence-electron chi connectivity index (χ4n) is 1.66. The lowest BCUT2D eigenvalue weighted by molar-refractivity contribution is -0.120. The Bertz CT molecular complexity index is 405. The van der Waals surface area contributed by atoms with E-state index in [1.54, 1.807) is 7.11 Å². The molecule has 0 aliphatic carbocycles. The second-order valence-electron chi connectivity index (χ2n) is 4.44. The summed E-state index contributed by atoms with van der Waals surface area (Å²) in [4.78, 5) is 11.4. The van der Waals surface area contributed by atoms with Crippen molar-refractivity contribution in [1.82, 2.24) is 5.32 Å². The number of amides is 1. The van der Waals surface area contributed by atoms with Crippen LogP contribution in [-0.2, 0) is 11.3 Å². The third kappa shape index (κ3) is 4.22. The summed E-state index contributed by atoms with van der Waals surface area (Å²) >= 11 is 5.52. The van der Waals surface area contributed by atoms with Gasteiger partial charge in [-0.15, -0.1) is 11.6 Å². The van der Waals surface area contributed by atoms with Gasteiger partial charge < -0.3 is 10.1 Å². The fourth-order valence-corrected chi connectivity index (χ4v) is 1.84. The Hall–Kier alpha value is -1.22. The van der Waals surface area contributed by atoms with Crippen molar-refractivity contribution >= 4 is 17.5 Å². The number of alkyl halides is 1. The SMILES string of the molecule is COc1ccc(C(C)C)cc1CNC(=O)CCCl. The first-order valence-electron chi connectivity index (χ1n) is 6.08. The molecule has 0 aliphatic rings. The van der Waals surface area contributed by atoms with Gasteiger partial charge in [-0.25, -0.2) is 0 Å². The Labute approximate surface area is 113 Å². The highest BCUT2D eigenvalue weighted by Gasteiger charge is 2.08. The molecule has 0 atom stereocenters. The van der Waals surface area contributed by atoms with Gasteiger partial charge in [0.1, 0.15) is 5.75 Å². The minimum Gasteiger partial charge on any atom is -0.496 e. The van der Waals surface area contributed by atoms with Crippen LogP contribution in [0.5, 0.6) is 5.75 Å². The van der Waals surface area contributed by atoms with Crippen LogP contribution in [0.1, 0.15) is 37.3 Å². The van der Waals surface area contributed by atoms with Crippen molar-refractivity contribution in [2.45, 2.75) is 32.7 Å². The second-order valence-corrected chi connectivity index (χ2v) is 4.82. The number of hydrogen-bond donors (Lipinski definition) is 1. The Morgan fingerprint density at radius 1 is 1.44 bits per heavy atom. The van der Waals surface area contributed by atoms with Crippen molar-refractivity contribution < 1.29 is 9.53 Å². The van der Waals surface area contributed by atoms with E-state index in [9.17, 15) is 4.79 Å². The summed E-state index contributed by atoms with van der Waals surface area (Å²) < 4.78 is 5.29. The Kier molecular flexibility index (Phi) is 5.99. The van der Waals surface area contributed by atoms with Crippen LogP contribution in [0.15, 0.2) is 18.2 Å². The molecule has 0 saturated heterocycles. The number of halogens is 1. The zero-order chi connectivity index (χ0) is 13.5. The molecule has 0 radical (unpaired) electrons. The van der Waals surface area contributed by atoms with Gasteiger partial charge >= 0.3 is 0 Å². The summed E-state index contributed by atoms with van der Waals surface area (Å²) in [6.07, 6.45) is 0.341. The summed E-state index contributed by atoms with van der Waals surface area (Å²) in [5, 5.41) is 2.84. The zero-order valence-corrected chi connectivity index (χ0v) is 11.9. The van der Waals surface area contributed by atoms with Gasteiger partial charge in [-0.3, -0.25) is 4.79 Å². The number of methoxy groups -OCH3 is 1. The van der Waals surface area contributed by atoms with Gasteiger partial charge in [0.15, 0.2) is 0 Å². The number of benzene rings is 1. The molecule has 0 heterocycles. The van der Waals surface area contributed by atoms with Crippen molar-refractivity contribution in [2.24, 2.45) is 0 Å². The summed E-state index contributed by atoms with van der Waals surface area (Å²) in [6.45, 7) is 4.74. The maximum atomic E-state index is 11.4. The lowest BCUT2D eigenvalue weighted by atomic mass is 10.00. The summed E-state index contributed by atoms with van der Waals surface area (Å²) in [5.74, 6) is 1.55. The van der Waals surface area contributed by atoms with E-state index in [0.29, 0.717) is 24.8 Å². The number of ether oxygens (including phenoxy) is 1. The van der Waals surface area contributed by atoms with Crippen molar-refractivity contribution in [3.63, 3.8) is 0 Å². The first kappa shape index (κ1) is 14.8. The molecule has 3 nitrogen and oxygen atoms in total. The van der Waals surface area contributed by atoms with Gasteiger partial charge in [-0.2, -0.15) is 0 Å². The van der Waals surface area contributed by atoms with Gasteiger partial charge in [-0.05, 0) is 17.5 Å². The molecule has 1 aromatic carbocycles. The standard InChI is InChI=1S/C14H20ClNO2/c1-10(2)11-4-5-13(18-3)12(8-11)9-16-14(17)6-7-15/h4-5,8,10H,6-7,9H2,1-3H3,(H,16,17). The number of rotatable bonds is 6. The van der Waals surface area contributed by atoms with Crippen LogP contribution in [0, 0.1) is 0 Å². The highest BCUT2D eigenvalue weighted by molar-refractivity contribution is 6.18. The quantitative estimate of drug-likeness (QED) is 0.806. The van der Waals surface area contributed by atoms with E-state index in [2.05, 4.69) is 25.2 Å². The third-order valence-electron chi connectivity index (χ3n) is 2.77. The molecule has 1 N–H and O–H groups in total. The Morgan fingerprint density at radius 3 is 2.72 bits per heavy atom. The van der Waals surface area contributed by atoms with E-state index in [1.807, 2.05) is 12.1 Å². The van der Waals surface area contributed by atoms with Crippen LogP contribution in [0.3, 0.4) is 0 Å². The smallest absolute Gasteiger partial charge is 0.221 e. The number of nitrogens with one attached hydrogen (secondary N) is 1. The first-order chi connectivity index (χ1) is 8.58. The van der Waals surface area contributed by atoms with Gasteiger partial charge in [0, 0.05) is 24.4 Å². The van der Waals surface area contributed by atoms with Gasteiger partial charge in [-0.1, -0.05) is 26.0 Å². The average molecular weight is 270 g/mol. The molecule has 0 saturated carbocycles. The number of carbonyl (C=O) groups excluding carboxylic acids is 1. The van der Waals surface area contributed by atoms with Crippen LogP contribution in [0.2, 0.25) is 0 Å². The first-order valence-corrected chi connectivity index (χ1v) is 6.61. The highest BCUT2D eigenvalue weighted by atomic mass is 35.5. The maximum absolute atomic E-state index is 11.4. The molecule has 0 fully saturated rings. The minimum atomic E-state index is -0.0398. The third-order valence-corrected chi connectivity index (χ3v) is 2.96. The predicted octanol–water partition coefficient (Wildman–Crippen LogP) is 3.06. The van der Waals surface area contributed by atoms with E-state index >= 15 is 0 Å². The molecule has 100 valence electrons. The topological polar surface area (TPSA) is 38.3 Å². The van der Waals surface area contributed by atoms with Gasteiger partial charge in [0.25, 0.3) is 0 Å². The molecular formula is C14H20ClNO2. The molecule has 4 heteroatoms. The zero-order valence-electron chi connectivity index (χ0n) is 11.1. The van der Waals surface area contributed by atoms with Crippen molar-refractivity contribution in [3.05, 3.63) is 29.3 Å². The number of carbonyl (C=O) groups is 1. The summed E-state index contributed by atoms with van der Waals surface area (Å²) in [6, 6.07) is 6.07. The average Bonchev–Trinajstić information content (AvgIpc) is 2.36. The highest BCUT2D eigenvalue weighted by Crippen LogP contribution is 2.24. The van der Waals surface area contributed by atoms with E-state index in [4.69, 9.17) is 16.3 Å². The van der Waals surface area contributed by atoms with E-state index in [1.165, 1.54) is 5.56 Å². The van der Waals surface area contributed by atoms with Crippen molar-refractivity contribution in [1.29, 1.82) is 0 Å². The molecule has 0 aliphatic heterocycles. The molecule has 1 aromatic rings. The molecule has 0 bridgehead atoms. The minimum absolute atomic E-state index is 0.0398. The second kappa shape index (κ2) is 7.27. The van der Waals surface area contributed by atoms with Crippen LogP contribution < -0.4 is 10.1 Å². The normalized spacial score (nSPS) is 10.5. The lowest BCUT2D eigenvalue weighted by Crippen LogP contribution is -2.23. The Balaban J connectivity index is 2.78. The van der Waals surface area contributed by atoms with Crippen molar-refractivity contribution in [3.8, 4) is 5.75 Å². The Morgan fingerprint density at radius 2 is 2.17 bits per heavy atom. The van der Waals surface area contributed by atoms with Gasteiger partial charge in [0.2, 0.25) is 5.91 Å².